The van der Waals surface area contributed by atoms with E-state index in [9.17, 15) is 4.79 Å². The number of hydrogen-bond donors (Lipinski definition) is 2. The molecule has 0 aromatic carbocycles. The summed E-state index contributed by atoms with van der Waals surface area (Å²) < 4.78 is 0. The molecular formula is C12H20N4O2. The molecular weight excluding hydrogens is 232 g/mol. The average molecular weight is 252 g/mol. The number of hydrogen-bond acceptors (Lipinski definition) is 5. The van der Waals surface area contributed by atoms with Crippen molar-refractivity contribution in [1.82, 2.24) is 15.1 Å². The molecule has 0 radical (unpaired) electrons. The SMILES string of the molecule is CCN(CC)CCCNc1ccc(C(=O)O)nn1. The van der Waals surface area contributed by atoms with Crippen molar-refractivity contribution in [2.24, 2.45) is 0 Å². The van der Waals surface area contributed by atoms with Crippen LogP contribution in [0.2, 0.25) is 0 Å². The van der Waals surface area contributed by atoms with E-state index in [1.54, 1.807) is 6.07 Å². The van der Waals surface area contributed by atoms with Gasteiger partial charge in [-0.15, -0.1) is 10.2 Å². The Bertz CT molecular complexity index is 363. The first kappa shape index (κ1) is 14.4. The first-order valence-electron chi connectivity index (χ1n) is 6.20. The second-order valence-corrected chi connectivity index (χ2v) is 3.92. The molecule has 1 aromatic heterocycles. The number of aromatic carboxylic acids is 1. The Morgan fingerprint density at radius 3 is 2.56 bits per heavy atom. The maximum absolute atomic E-state index is 10.6. The fourth-order valence-electron chi connectivity index (χ4n) is 1.60. The van der Waals surface area contributed by atoms with E-state index in [2.05, 4.69) is 34.3 Å². The maximum Gasteiger partial charge on any atom is 0.356 e. The Balaban J connectivity index is 2.29. The molecule has 1 heterocycles. The van der Waals surface area contributed by atoms with Gasteiger partial charge in [0.25, 0.3) is 0 Å². The zero-order valence-electron chi connectivity index (χ0n) is 10.9. The van der Waals surface area contributed by atoms with Crippen LogP contribution >= 0.6 is 0 Å². The lowest BCUT2D eigenvalue weighted by atomic mass is 10.3. The highest BCUT2D eigenvalue weighted by molar-refractivity contribution is 5.85. The molecule has 1 rings (SSSR count). The van der Waals surface area contributed by atoms with Gasteiger partial charge in [-0.25, -0.2) is 4.79 Å². The van der Waals surface area contributed by atoms with Gasteiger partial charge < -0.3 is 15.3 Å². The third-order valence-corrected chi connectivity index (χ3v) is 2.74. The predicted molar refractivity (Wildman–Crippen MR) is 69.9 cm³/mol. The molecule has 0 atom stereocenters. The fraction of sp³-hybridized carbons (Fsp3) is 0.583. The number of nitrogens with one attached hydrogen (secondary N) is 1. The summed E-state index contributed by atoms with van der Waals surface area (Å²) in [7, 11) is 0. The van der Waals surface area contributed by atoms with E-state index in [4.69, 9.17) is 5.11 Å². The van der Waals surface area contributed by atoms with Crippen molar-refractivity contribution in [3.8, 4) is 0 Å². The molecule has 0 saturated heterocycles. The van der Waals surface area contributed by atoms with E-state index in [1.807, 2.05) is 0 Å². The molecule has 1 aromatic rings. The van der Waals surface area contributed by atoms with E-state index >= 15 is 0 Å². The minimum Gasteiger partial charge on any atom is -0.476 e. The van der Waals surface area contributed by atoms with Gasteiger partial charge in [-0.05, 0) is 38.2 Å². The highest BCUT2D eigenvalue weighted by Crippen LogP contribution is 2.02. The first-order chi connectivity index (χ1) is 8.67. The van der Waals surface area contributed by atoms with E-state index in [0.717, 1.165) is 32.6 Å². The lowest BCUT2D eigenvalue weighted by Crippen LogP contribution is -2.25. The smallest absolute Gasteiger partial charge is 0.356 e. The van der Waals surface area contributed by atoms with Crippen molar-refractivity contribution in [2.45, 2.75) is 20.3 Å². The second-order valence-electron chi connectivity index (χ2n) is 3.92. The van der Waals surface area contributed by atoms with Gasteiger partial charge >= 0.3 is 5.97 Å². The Morgan fingerprint density at radius 1 is 1.33 bits per heavy atom. The Morgan fingerprint density at radius 2 is 2.06 bits per heavy atom. The molecule has 0 unspecified atom stereocenters. The van der Waals surface area contributed by atoms with Crippen LogP contribution in [0.1, 0.15) is 30.8 Å². The van der Waals surface area contributed by atoms with Crippen molar-refractivity contribution in [2.75, 3.05) is 31.5 Å². The summed E-state index contributed by atoms with van der Waals surface area (Å²) in [6.45, 7) is 8.26. The van der Waals surface area contributed by atoms with Gasteiger partial charge in [0.2, 0.25) is 0 Å². The Labute approximate surface area is 107 Å². The van der Waals surface area contributed by atoms with Crippen LogP contribution in [0.3, 0.4) is 0 Å². The highest BCUT2D eigenvalue weighted by Gasteiger charge is 2.04. The van der Waals surface area contributed by atoms with Crippen LogP contribution < -0.4 is 5.32 Å². The lowest BCUT2D eigenvalue weighted by molar-refractivity contribution is 0.0689. The lowest BCUT2D eigenvalue weighted by Gasteiger charge is -2.17. The van der Waals surface area contributed by atoms with Crippen LogP contribution in [0.4, 0.5) is 5.82 Å². The summed E-state index contributed by atoms with van der Waals surface area (Å²) in [5.74, 6) is -0.449. The van der Waals surface area contributed by atoms with Gasteiger partial charge in [0.1, 0.15) is 5.82 Å². The first-order valence-corrected chi connectivity index (χ1v) is 6.20. The highest BCUT2D eigenvalue weighted by atomic mass is 16.4. The Hall–Kier alpha value is -1.69. The quantitative estimate of drug-likeness (QED) is 0.679. The monoisotopic (exact) mass is 252 g/mol. The van der Waals surface area contributed by atoms with Crippen LogP contribution in [0.15, 0.2) is 12.1 Å². The summed E-state index contributed by atoms with van der Waals surface area (Å²) in [6.07, 6.45) is 1.02. The van der Waals surface area contributed by atoms with Crippen LogP contribution in [-0.2, 0) is 0 Å². The molecule has 0 amide bonds. The van der Waals surface area contributed by atoms with E-state index in [1.165, 1.54) is 6.07 Å². The van der Waals surface area contributed by atoms with Crippen molar-refractivity contribution >= 4 is 11.8 Å². The van der Waals surface area contributed by atoms with Gasteiger partial charge in [0, 0.05) is 6.54 Å². The number of nitrogens with zero attached hydrogens (tertiary/aromatic N) is 3. The molecule has 0 bridgehead atoms. The number of carbonyl (C=O) groups is 1. The molecule has 0 aliphatic rings. The number of carboxylic acids is 1. The van der Waals surface area contributed by atoms with Crippen LogP contribution in [-0.4, -0.2) is 52.4 Å². The zero-order chi connectivity index (χ0) is 13.4. The Kier molecular flexibility index (Phi) is 6.07. The molecule has 100 valence electrons. The molecule has 0 spiro atoms. The minimum absolute atomic E-state index is 0.0382. The summed E-state index contributed by atoms with van der Waals surface area (Å²) in [4.78, 5) is 12.9. The maximum atomic E-state index is 10.6. The summed E-state index contributed by atoms with van der Waals surface area (Å²) in [6, 6.07) is 3.08. The van der Waals surface area contributed by atoms with Crippen LogP contribution in [0, 0.1) is 0 Å². The molecule has 0 aliphatic heterocycles. The standard InChI is InChI=1S/C12H20N4O2/c1-3-16(4-2)9-5-8-13-11-7-6-10(12(17)18)14-15-11/h6-7H,3-5,8-9H2,1-2H3,(H,13,15)(H,17,18). The van der Waals surface area contributed by atoms with Crippen molar-refractivity contribution in [3.05, 3.63) is 17.8 Å². The van der Waals surface area contributed by atoms with E-state index < -0.39 is 5.97 Å². The summed E-state index contributed by atoms with van der Waals surface area (Å²) >= 11 is 0. The molecule has 6 nitrogen and oxygen atoms in total. The molecule has 18 heavy (non-hydrogen) atoms. The van der Waals surface area contributed by atoms with Gasteiger partial charge in [0.05, 0.1) is 0 Å². The zero-order valence-corrected chi connectivity index (χ0v) is 10.9. The van der Waals surface area contributed by atoms with Gasteiger partial charge in [-0.1, -0.05) is 13.8 Å². The third-order valence-electron chi connectivity index (χ3n) is 2.74. The van der Waals surface area contributed by atoms with Gasteiger partial charge in [-0.2, -0.15) is 0 Å². The van der Waals surface area contributed by atoms with E-state index in [0.29, 0.717) is 5.82 Å². The van der Waals surface area contributed by atoms with Crippen molar-refractivity contribution < 1.29 is 9.90 Å². The fourth-order valence-corrected chi connectivity index (χ4v) is 1.60. The topological polar surface area (TPSA) is 78.4 Å². The molecule has 6 heteroatoms. The molecule has 2 N–H and O–H groups in total. The number of aromatic nitrogens is 2. The molecule has 0 saturated carbocycles. The third kappa shape index (κ3) is 4.67. The largest absolute Gasteiger partial charge is 0.476 e. The summed E-state index contributed by atoms with van der Waals surface area (Å²) in [5, 5.41) is 19.2. The number of rotatable bonds is 8. The number of anilines is 1. The van der Waals surface area contributed by atoms with Crippen molar-refractivity contribution in [1.29, 1.82) is 0 Å². The van der Waals surface area contributed by atoms with Gasteiger partial charge in [-0.3, -0.25) is 0 Å². The normalized spacial score (nSPS) is 10.6. The van der Waals surface area contributed by atoms with Crippen LogP contribution in [0.25, 0.3) is 0 Å². The summed E-state index contributed by atoms with van der Waals surface area (Å²) in [5.41, 5.74) is -0.0382. The average Bonchev–Trinajstić information content (AvgIpc) is 2.39. The van der Waals surface area contributed by atoms with Crippen molar-refractivity contribution in [3.63, 3.8) is 0 Å². The molecule has 0 aliphatic carbocycles. The molecule has 0 fully saturated rings. The van der Waals surface area contributed by atoms with Crippen LogP contribution in [0.5, 0.6) is 0 Å². The second kappa shape index (κ2) is 7.60. The minimum atomic E-state index is -1.06. The van der Waals surface area contributed by atoms with E-state index in [-0.39, 0.29) is 5.69 Å². The van der Waals surface area contributed by atoms with Gasteiger partial charge in [0.15, 0.2) is 5.69 Å². The predicted octanol–water partition coefficient (Wildman–Crippen LogP) is 1.32. The number of carboxylic acid groups (broad SMARTS) is 1.